The Balaban J connectivity index is 1.81. The van der Waals surface area contributed by atoms with E-state index in [1.54, 1.807) is 28.8 Å². The Bertz CT molecular complexity index is 870. The van der Waals surface area contributed by atoms with Crippen LogP contribution in [0.2, 0.25) is 0 Å². The summed E-state index contributed by atoms with van der Waals surface area (Å²) in [4.78, 5) is 26.1. The largest absolute Gasteiger partial charge is 0.345 e. The van der Waals surface area contributed by atoms with Crippen molar-refractivity contribution < 1.29 is 4.79 Å². The molecule has 2 aromatic heterocycles. The number of amides is 1. The fourth-order valence-corrected chi connectivity index (χ4v) is 2.37. The maximum Gasteiger partial charge on any atom is 0.293 e. The predicted octanol–water partition coefficient (Wildman–Crippen LogP) is 1.11. The predicted molar refractivity (Wildman–Crippen MR) is 78.9 cm³/mol. The van der Waals surface area contributed by atoms with Crippen molar-refractivity contribution in [2.75, 3.05) is 0 Å². The van der Waals surface area contributed by atoms with Crippen LogP contribution in [-0.2, 0) is 6.54 Å². The number of aromatic nitrogens is 4. The van der Waals surface area contributed by atoms with E-state index in [1.807, 2.05) is 6.07 Å². The highest BCUT2D eigenvalue weighted by Crippen LogP contribution is 2.15. The molecule has 8 heteroatoms. The molecule has 3 aromatic rings. The molecule has 1 amide bonds. The van der Waals surface area contributed by atoms with Gasteiger partial charge in [-0.1, -0.05) is 12.1 Å². The molecule has 0 atom stereocenters. The molecule has 0 bridgehead atoms. The summed E-state index contributed by atoms with van der Waals surface area (Å²) in [5.74, 6) is 0.251. The van der Waals surface area contributed by atoms with E-state index in [1.165, 1.54) is 6.20 Å². The second-order valence-electron chi connectivity index (χ2n) is 4.26. The SMILES string of the molecule is O=C(NCc1nnc2c(=O)[nH]ccn12)c1ccccc1Br. The van der Waals surface area contributed by atoms with E-state index in [9.17, 15) is 9.59 Å². The van der Waals surface area contributed by atoms with Crippen LogP contribution in [-0.4, -0.2) is 25.5 Å². The summed E-state index contributed by atoms with van der Waals surface area (Å²) in [5, 5.41) is 10.5. The van der Waals surface area contributed by atoms with Gasteiger partial charge in [0.15, 0.2) is 5.82 Å². The van der Waals surface area contributed by atoms with Crippen LogP contribution in [0.3, 0.4) is 0 Å². The van der Waals surface area contributed by atoms with Crippen LogP contribution < -0.4 is 10.9 Å². The normalized spacial score (nSPS) is 10.7. The van der Waals surface area contributed by atoms with Crippen molar-refractivity contribution >= 4 is 27.5 Å². The first-order chi connectivity index (χ1) is 10.2. The van der Waals surface area contributed by atoms with Crippen LogP contribution in [0.4, 0.5) is 0 Å². The number of H-pyrrole nitrogens is 1. The van der Waals surface area contributed by atoms with E-state index in [2.05, 4.69) is 36.4 Å². The second-order valence-corrected chi connectivity index (χ2v) is 5.12. The molecule has 106 valence electrons. The monoisotopic (exact) mass is 347 g/mol. The van der Waals surface area contributed by atoms with Crippen molar-refractivity contribution in [1.29, 1.82) is 0 Å². The van der Waals surface area contributed by atoms with Crippen molar-refractivity contribution in [2.24, 2.45) is 0 Å². The zero-order chi connectivity index (χ0) is 14.8. The highest BCUT2D eigenvalue weighted by molar-refractivity contribution is 9.10. The molecule has 21 heavy (non-hydrogen) atoms. The first-order valence-corrected chi connectivity index (χ1v) is 6.90. The molecule has 7 nitrogen and oxygen atoms in total. The number of halogens is 1. The van der Waals surface area contributed by atoms with Crippen LogP contribution >= 0.6 is 15.9 Å². The number of hydrogen-bond acceptors (Lipinski definition) is 4. The van der Waals surface area contributed by atoms with Gasteiger partial charge in [0.05, 0.1) is 12.1 Å². The minimum absolute atomic E-state index is 0.171. The highest BCUT2D eigenvalue weighted by Gasteiger charge is 2.12. The van der Waals surface area contributed by atoms with Gasteiger partial charge in [0.1, 0.15) is 0 Å². The summed E-state index contributed by atoms with van der Waals surface area (Å²) >= 11 is 3.33. The van der Waals surface area contributed by atoms with Crippen LogP contribution in [0, 0.1) is 0 Å². The quantitative estimate of drug-likeness (QED) is 0.742. The van der Waals surface area contributed by atoms with Gasteiger partial charge in [0, 0.05) is 16.9 Å². The third-order valence-electron chi connectivity index (χ3n) is 2.93. The lowest BCUT2D eigenvalue weighted by Crippen LogP contribution is -2.24. The zero-order valence-electron chi connectivity index (χ0n) is 10.7. The van der Waals surface area contributed by atoms with Crippen LogP contribution in [0.15, 0.2) is 45.9 Å². The molecule has 1 aromatic carbocycles. The standard InChI is InChI=1S/C13H10BrN5O2/c14-9-4-2-1-3-8(9)12(20)16-7-10-17-18-11-13(21)15-5-6-19(10)11/h1-6H,7H2,(H,15,21)(H,16,20). The topological polar surface area (TPSA) is 92.2 Å². The number of rotatable bonds is 3. The Morgan fingerprint density at radius 1 is 1.33 bits per heavy atom. The van der Waals surface area contributed by atoms with Crippen molar-refractivity contribution in [1.82, 2.24) is 24.9 Å². The van der Waals surface area contributed by atoms with Crippen molar-refractivity contribution in [3.05, 3.63) is 62.9 Å². The van der Waals surface area contributed by atoms with E-state index in [4.69, 9.17) is 0 Å². The third-order valence-corrected chi connectivity index (χ3v) is 3.62. The van der Waals surface area contributed by atoms with Gasteiger partial charge >= 0.3 is 0 Å². The number of benzene rings is 1. The van der Waals surface area contributed by atoms with Crippen molar-refractivity contribution in [3.8, 4) is 0 Å². The van der Waals surface area contributed by atoms with E-state index in [-0.39, 0.29) is 23.7 Å². The Morgan fingerprint density at radius 2 is 2.14 bits per heavy atom. The van der Waals surface area contributed by atoms with Crippen LogP contribution in [0.1, 0.15) is 16.2 Å². The molecule has 0 unspecified atom stereocenters. The molecule has 0 saturated heterocycles. The summed E-state index contributed by atoms with van der Waals surface area (Å²) in [7, 11) is 0. The number of carbonyl (C=O) groups excluding carboxylic acids is 1. The molecule has 0 aliphatic rings. The minimum atomic E-state index is -0.326. The van der Waals surface area contributed by atoms with Gasteiger partial charge in [-0.3, -0.25) is 14.0 Å². The molecule has 3 rings (SSSR count). The lowest BCUT2D eigenvalue weighted by atomic mass is 10.2. The molecule has 2 N–H and O–H groups in total. The van der Waals surface area contributed by atoms with Gasteiger partial charge in [-0.05, 0) is 28.1 Å². The third kappa shape index (κ3) is 2.57. The number of carbonyl (C=O) groups is 1. The maximum atomic E-state index is 12.1. The zero-order valence-corrected chi connectivity index (χ0v) is 12.3. The number of hydrogen-bond donors (Lipinski definition) is 2. The van der Waals surface area contributed by atoms with Gasteiger partial charge in [0.25, 0.3) is 11.5 Å². The molecule has 0 radical (unpaired) electrons. The van der Waals surface area contributed by atoms with Gasteiger partial charge in [-0.15, -0.1) is 10.2 Å². The molecule has 0 saturated carbocycles. The van der Waals surface area contributed by atoms with Crippen LogP contribution in [0.25, 0.3) is 5.65 Å². The molecule has 0 fully saturated rings. The van der Waals surface area contributed by atoms with E-state index in [0.717, 1.165) is 0 Å². The fraction of sp³-hybridized carbons (Fsp3) is 0.0769. The van der Waals surface area contributed by atoms with E-state index in [0.29, 0.717) is 15.9 Å². The summed E-state index contributed by atoms with van der Waals surface area (Å²) < 4.78 is 2.25. The highest BCUT2D eigenvalue weighted by atomic mass is 79.9. The number of nitrogens with zero attached hydrogens (tertiary/aromatic N) is 3. The van der Waals surface area contributed by atoms with Crippen LogP contribution in [0.5, 0.6) is 0 Å². The average Bonchev–Trinajstić information content (AvgIpc) is 2.90. The number of nitrogens with one attached hydrogen (secondary N) is 2. The Kier molecular flexibility index (Phi) is 3.53. The molecular weight excluding hydrogens is 338 g/mol. The summed E-state index contributed by atoms with van der Waals surface area (Å²) in [6, 6.07) is 7.12. The molecule has 2 heterocycles. The first kappa shape index (κ1) is 13.5. The van der Waals surface area contributed by atoms with Gasteiger partial charge in [0.2, 0.25) is 5.65 Å². The van der Waals surface area contributed by atoms with E-state index < -0.39 is 0 Å². The Labute approximate surface area is 127 Å². The summed E-state index contributed by atoms with van der Waals surface area (Å²) in [6.45, 7) is 0.171. The number of aromatic amines is 1. The van der Waals surface area contributed by atoms with Crippen molar-refractivity contribution in [3.63, 3.8) is 0 Å². The molecular formula is C13H10BrN5O2. The Hall–Kier alpha value is -2.48. The molecule has 0 spiro atoms. The van der Waals surface area contributed by atoms with Gasteiger partial charge in [-0.25, -0.2) is 0 Å². The van der Waals surface area contributed by atoms with Gasteiger partial charge in [-0.2, -0.15) is 0 Å². The summed E-state index contributed by atoms with van der Waals surface area (Å²) in [5.41, 5.74) is 0.403. The minimum Gasteiger partial charge on any atom is -0.345 e. The Morgan fingerprint density at radius 3 is 2.95 bits per heavy atom. The smallest absolute Gasteiger partial charge is 0.293 e. The fourth-order valence-electron chi connectivity index (χ4n) is 1.91. The number of fused-ring (bicyclic) bond motifs is 1. The average molecular weight is 348 g/mol. The molecule has 0 aliphatic heterocycles. The lowest BCUT2D eigenvalue weighted by molar-refractivity contribution is 0.0949. The second kappa shape index (κ2) is 5.49. The lowest BCUT2D eigenvalue weighted by Gasteiger charge is -2.05. The molecule has 0 aliphatic carbocycles. The first-order valence-electron chi connectivity index (χ1n) is 6.11. The van der Waals surface area contributed by atoms with Gasteiger partial charge < -0.3 is 10.3 Å². The maximum absolute atomic E-state index is 12.1. The summed E-state index contributed by atoms with van der Waals surface area (Å²) in [6.07, 6.45) is 3.13. The van der Waals surface area contributed by atoms with E-state index >= 15 is 0 Å². The van der Waals surface area contributed by atoms with Crippen molar-refractivity contribution in [2.45, 2.75) is 6.54 Å².